The van der Waals surface area contributed by atoms with E-state index in [0.717, 1.165) is 38.5 Å². The summed E-state index contributed by atoms with van der Waals surface area (Å²) in [6.07, 6.45) is 6.16. The molecule has 2 aliphatic carbocycles. The zero-order valence-corrected chi connectivity index (χ0v) is 9.03. The van der Waals surface area contributed by atoms with Crippen molar-refractivity contribution in [1.82, 2.24) is 11.0 Å². The zero-order chi connectivity index (χ0) is 11.4. The van der Waals surface area contributed by atoms with Crippen LogP contribution in [0.3, 0.4) is 0 Å². The van der Waals surface area contributed by atoms with Crippen molar-refractivity contribution in [2.75, 3.05) is 0 Å². The Morgan fingerprint density at radius 2 is 1.19 bits per heavy atom. The number of carbonyl (C=O) groups excluding carboxylic acids is 2. The van der Waals surface area contributed by atoms with E-state index in [1.165, 1.54) is 0 Å². The standard InChI is InChI=1S/C10H16N2O4/c13-9(15-11-7-3-1-4-7)10(14)16-12-8-5-2-6-8/h7-8,11-12H,1-6H2. The molecule has 2 rings (SSSR count). The van der Waals surface area contributed by atoms with Gasteiger partial charge in [-0.1, -0.05) is 12.8 Å². The lowest BCUT2D eigenvalue weighted by molar-refractivity contribution is -0.180. The molecule has 2 aliphatic rings. The van der Waals surface area contributed by atoms with Gasteiger partial charge in [0.2, 0.25) is 0 Å². The summed E-state index contributed by atoms with van der Waals surface area (Å²) in [6.45, 7) is 0. The molecule has 90 valence electrons. The maximum absolute atomic E-state index is 11.1. The monoisotopic (exact) mass is 228 g/mol. The molecule has 0 aromatic rings. The highest BCUT2D eigenvalue weighted by atomic mass is 16.7. The fourth-order valence-corrected chi connectivity index (χ4v) is 1.41. The van der Waals surface area contributed by atoms with Crippen LogP contribution in [0, 0.1) is 0 Å². The molecule has 0 amide bonds. The molecule has 0 unspecified atom stereocenters. The number of nitrogens with one attached hydrogen (secondary N) is 2. The Labute approximate surface area is 93.6 Å². The molecule has 0 aromatic heterocycles. The fraction of sp³-hybridized carbons (Fsp3) is 0.800. The molecule has 6 heteroatoms. The molecule has 16 heavy (non-hydrogen) atoms. The SMILES string of the molecule is O=C(ONC1CCC1)C(=O)ONC1CCC1. The molecule has 0 spiro atoms. The van der Waals surface area contributed by atoms with Crippen molar-refractivity contribution < 1.29 is 19.3 Å². The zero-order valence-electron chi connectivity index (χ0n) is 9.03. The highest BCUT2D eigenvalue weighted by molar-refractivity contribution is 6.29. The fourth-order valence-electron chi connectivity index (χ4n) is 1.41. The van der Waals surface area contributed by atoms with Crippen LogP contribution >= 0.6 is 0 Å². The van der Waals surface area contributed by atoms with E-state index < -0.39 is 11.9 Å². The van der Waals surface area contributed by atoms with Gasteiger partial charge in [-0.25, -0.2) is 9.59 Å². The number of hydrogen-bond acceptors (Lipinski definition) is 6. The third-order valence-electron chi connectivity index (χ3n) is 3.01. The van der Waals surface area contributed by atoms with Gasteiger partial charge in [-0.15, -0.1) is 11.0 Å². The Morgan fingerprint density at radius 3 is 1.44 bits per heavy atom. The molecule has 0 saturated heterocycles. The number of hydroxylamine groups is 2. The van der Waals surface area contributed by atoms with Gasteiger partial charge >= 0.3 is 11.9 Å². The second-order valence-electron chi connectivity index (χ2n) is 4.27. The van der Waals surface area contributed by atoms with Crippen LogP contribution in [0.5, 0.6) is 0 Å². The van der Waals surface area contributed by atoms with Crippen molar-refractivity contribution >= 4 is 11.9 Å². The van der Waals surface area contributed by atoms with Gasteiger partial charge in [0.25, 0.3) is 0 Å². The van der Waals surface area contributed by atoms with Gasteiger partial charge in [-0.2, -0.15) is 0 Å². The lowest BCUT2D eigenvalue weighted by Crippen LogP contribution is -2.42. The van der Waals surface area contributed by atoms with Crippen LogP contribution in [0.4, 0.5) is 0 Å². The number of carbonyl (C=O) groups is 2. The second-order valence-corrected chi connectivity index (χ2v) is 4.27. The summed E-state index contributed by atoms with van der Waals surface area (Å²) in [5.74, 6) is -2.00. The molecule has 0 radical (unpaired) electrons. The summed E-state index contributed by atoms with van der Waals surface area (Å²) in [6, 6.07) is 0.382. The Hall–Kier alpha value is -1.14. The minimum absolute atomic E-state index is 0.191. The lowest BCUT2D eigenvalue weighted by atomic mass is 9.94. The van der Waals surface area contributed by atoms with Crippen LogP contribution in [0.1, 0.15) is 38.5 Å². The molecule has 0 bridgehead atoms. The van der Waals surface area contributed by atoms with Crippen molar-refractivity contribution in [2.45, 2.75) is 50.6 Å². The van der Waals surface area contributed by atoms with Crippen LogP contribution in [0.15, 0.2) is 0 Å². The average Bonchev–Trinajstić information content (AvgIpc) is 2.12. The van der Waals surface area contributed by atoms with E-state index >= 15 is 0 Å². The first-order chi connectivity index (χ1) is 7.75. The van der Waals surface area contributed by atoms with E-state index in [-0.39, 0.29) is 12.1 Å². The topological polar surface area (TPSA) is 76.7 Å². The highest BCUT2D eigenvalue weighted by Gasteiger charge is 2.25. The minimum Gasteiger partial charge on any atom is -0.362 e. The van der Waals surface area contributed by atoms with Crippen LogP contribution in [-0.4, -0.2) is 24.0 Å². The van der Waals surface area contributed by atoms with Crippen molar-refractivity contribution in [2.24, 2.45) is 0 Å². The largest absolute Gasteiger partial charge is 0.437 e. The van der Waals surface area contributed by atoms with Gasteiger partial charge in [0.15, 0.2) is 0 Å². The first-order valence-electron chi connectivity index (χ1n) is 5.69. The van der Waals surface area contributed by atoms with Crippen molar-refractivity contribution in [3.63, 3.8) is 0 Å². The molecule has 6 nitrogen and oxygen atoms in total. The third kappa shape index (κ3) is 2.93. The van der Waals surface area contributed by atoms with Gasteiger partial charge in [-0.05, 0) is 25.7 Å². The smallest absolute Gasteiger partial charge is 0.362 e. The van der Waals surface area contributed by atoms with Crippen LogP contribution in [-0.2, 0) is 19.3 Å². The van der Waals surface area contributed by atoms with Crippen LogP contribution < -0.4 is 11.0 Å². The summed E-state index contributed by atoms with van der Waals surface area (Å²) >= 11 is 0. The molecule has 2 fully saturated rings. The Morgan fingerprint density at radius 1 is 0.812 bits per heavy atom. The summed E-state index contributed by atoms with van der Waals surface area (Å²) in [7, 11) is 0. The van der Waals surface area contributed by atoms with Crippen molar-refractivity contribution in [3.05, 3.63) is 0 Å². The molecule has 0 atom stereocenters. The minimum atomic E-state index is -1.00. The molecule has 2 N–H and O–H groups in total. The maximum Gasteiger partial charge on any atom is 0.437 e. The Kier molecular flexibility index (Phi) is 3.74. The van der Waals surface area contributed by atoms with Gasteiger partial charge in [0, 0.05) is 12.1 Å². The van der Waals surface area contributed by atoms with Crippen molar-refractivity contribution in [1.29, 1.82) is 0 Å². The Bertz CT molecular complexity index is 246. The molecule has 2 saturated carbocycles. The molecular weight excluding hydrogens is 212 g/mol. The normalized spacial score (nSPS) is 20.8. The number of rotatable bonds is 4. The van der Waals surface area contributed by atoms with Gasteiger partial charge in [0.1, 0.15) is 0 Å². The van der Waals surface area contributed by atoms with E-state index in [9.17, 15) is 9.59 Å². The summed E-state index contributed by atoms with van der Waals surface area (Å²) in [5, 5.41) is 0. The third-order valence-corrected chi connectivity index (χ3v) is 3.01. The van der Waals surface area contributed by atoms with E-state index in [0.29, 0.717) is 0 Å². The highest BCUT2D eigenvalue weighted by Crippen LogP contribution is 2.18. The molecule has 0 aromatic carbocycles. The summed E-state index contributed by atoms with van der Waals surface area (Å²) in [4.78, 5) is 31.4. The molecular formula is C10H16N2O4. The lowest BCUT2D eigenvalue weighted by Gasteiger charge is -2.26. The molecule has 0 heterocycles. The molecule has 0 aliphatic heterocycles. The number of hydrogen-bond donors (Lipinski definition) is 2. The predicted molar refractivity (Wildman–Crippen MR) is 53.7 cm³/mol. The Balaban J connectivity index is 1.57. The van der Waals surface area contributed by atoms with E-state index in [2.05, 4.69) is 20.6 Å². The maximum atomic E-state index is 11.1. The quantitative estimate of drug-likeness (QED) is 0.528. The van der Waals surface area contributed by atoms with E-state index in [1.54, 1.807) is 0 Å². The first-order valence-corrected chi connectivity index (χ1v) is 5.69. The summed E-state index contributed by atoms with van der Waals surface area (Å²) < 4.78 is 0. The van der Waals surface area contributed by atoms with E-state index in [4.69, 9.17) is 0 Å². The van der Waals surface area contributed by atoms with Gasteiger partial charge in [0.05, 0.1) is 0 Å². The van der Waals surface area contributed by atoms with Crippen LogP contribution in [0.25, 0.3) is 0 Å². The van der Waals surface area contributed by atoms with Gasteiger partial charge < -0.3 is 9.68 Å². The first kappa shape index (κ1) is 11.3. The average molecular weight is 228 g/mol. The van der Waals surface area contributed by atoms with Gasteiger partial charge in [-0.3, -0.25) is 0 Å². The van der Waals surface area contributed by atoms with Crippen molar-refractivity contribution in [3.8, 4) is 0 Å². The summed E-state index contributed by atoms with van der Waals surface area (Å²) in [5.41, 5.74) is 5.07. The van der Waals surface area contributed by atoms with E-state index in [1.807, 2.05) is 0 Å². The second kappa shape index (κ2) is 5.27. The predicted octanol–water partition coefficient (Wildman–Crippen LogP) is 0.187. The van der Waals surface area contributed by atoms with Crippen LogP contribution in [0.2, 0.25) is 0 Å².